The van der Waals surface area contributed by atoms with E-state index in [1.165, 1.54) is 37.8 Å². The van der Waals surface area contributed by atoms with Crippen molar-refractivity contribution in [2.24, 2.45) is 0 Å². The minimum atomic E-state index is -0.473. The Bertz CT molecular complexity index is 1460. The number of rotatable bonds is 6. The molecular formula is C26H21N3O5. The van der Waals surface area contributed by atoms with Crippen molar-refractivity contribution < 1.29 is 19.1 Å². The molecule has 4 rings (SSSR count). The number of carbonyl (C=O) groups is 3. The van der Waals surface area contributed by atoms with Gasteiger partial charge in [0.1, 0.15) is 6.54 Å². The smallest absolute Gasteiger partial charge is 0.337 e. The summed E-state index contributed by atoms with van der Waals surface area (Å²) in [6.07, 6.45) is 4.38. The quantitative estimate of drug-likeness (QED) is 0.353. The summed E-state index contributed by atoms with van der Waals surface area (Å²) in [5.41, 5.74) is 2.17. The number of anilines is 1. The second-order valence-electron chi connectivity index (χ2n) is 7.70. The van der Waals surface area contributed by atoms with Gasteiger partial charge in [-0.15, -0.1) is 0 Å². The van der Waals surface area contributed by atoms with Crippen LogP contribution in [0.2, 0.25) is 0 Å². The van der Waals surface area contributed by atoms with Crippen molar-refractivity contribution in [2.75, 3.05) is 12.4 Å². The lowest BCUT2D eigenvalue weighted by molar-refractivity contribution is -0.116. The summed E-state index contributed by atoms with van der Waals surface area (Å²) in [5.74, 6) is -1.28. The zero-order valence-electron chi connectivity index (χ0n) is 18.6. The summed E-state index contributed by atoms with van der Waals surface area (Å²) in [5, 5.41) is 3.12. The Morgan fingerprint density at radius 2 is 1.68 bits per heavy atom. The molecule has 0 unspecified atom stereocenters. The van der Waals surface area contributed by atoms with Gasteiger partial charge in [-0.1, -0.05) is 11.6 Å². The average molecular weight is 455 g/mol. The number of pyridine rings is 2. The molecule has 0 aliphatic rings. The van der Waals surface area contributed by atoms with Crippen molar-refractivity contribution in [3.63, 3.8) is 0 Å². The largest absolute Gasteiger partial charge is 0.465 e. The van der Waals surface area contributed by atoms with Crippen molar-refractivity contribution in [1.29, 1.82) is 0 Å². The third-order valence-corrected chi connectivity index (χ3v) is 5.33. The van der Waals surface area contributed by atoms with Crippen molar-refractivity contribution >= 4 is 34.3 Å². The first-order valence-corrected chi connectivity index (χ1v) is 10.4. The number of nitrogens with zero attached hydrogens (tertiary/aromatic N) is 2. The van der Waals surface area contributed by atoms with E-state index in [-0.39, 0.29) is 18.0 Å². The Labute approximate surface area is 194 Å². The van der Waals surface area contributed by atoms with E-state index in [0.29, 0.717) is 27.7 Å². The summed E-state index contributed by atoms with van der Waals surface area (Å²) >= 11 is 0. The van der Waals surface area contributed by atoms with E-state index in [1.54, 1.807) is 41.0 Å². The van der Waals surface area contributed by atoms with Gasteiger partial charge in [0.15, 0.2) is 5.78 Å². The number of benzene rings is 2. The molecule has 170 valence electrons. The first-order valence-electron chi connectivity index (χ1n) is 10.4. The van der Waals surface area contributed by atoms with Crippen molar-refractivity contribution in [3.8, 4) is 0 Å². The monoisotopic (exact) mass is 455 g/mol. The molecule has 1 amide bonds. The highest BCUT2D eigenvalue weighted by Gasteiger charge is 2.18. The molecule has 0 bridgehead atoms. The molecule has 0 aliphatic carbocycles. The molecule has 0 atom stereocenters. The predicted molar refractivity (Wildman–Crippen MR) is 127 cm³/mol. The minimum absolute atomic E-state index is 0.0282. The number of methoxy groups -OCH3 is 1. The highest BCUT2D eigenvalue weighted by atomic mass is 16.5. The third kappa shape index (κ3) is 4.61. The van der Waals surface area contributed by atoms with Crippen LogP contribution in [0.4, 0.5) is 5.69 Å². The number of ether oxygens (including phenoxy) is 1. The van der Waals surface area contributed by atoms with E-state index >= 15 is 0 Å². The van der Waals surface area contributed by atoms with Crippen LogP contribution < -0.4 is 10.7 Å². The zero-order chi connectivity index (χ0) is 24.2. The molecule has 0 saturated heterocycles. The van der Waals surface area contributed by atoms with Crippen LogP contribution in [0.15, 0.2) is 78.0 Å². The Hall–Kier alpha value is -4.59. The number of carbonyl (C=O) groups excluding carboxylic acids is 3. The summed E-state index contributed by atoms with van der Waals surface area (Å²) < 4.78 is 6.26. The molecule has 0 fully saturated rings. The molecule has 0 spiro atoms. The summed E-state index contributed by atoms with van der Waals surface area (Å²) in [6.45, 7) is 1.72. The third-order valence-electron chi connectivity index (χ3n) is 5.33. The van der Waals surface area contributed by atoms with E-state index in [0.717, 1.165) is 5.56 Å². The van der Waals surface area contributed by atoms with E-state index < -0.39 is 17.2 Å². The lowest BCUT2D eigenvalue weighted by Crippen LogP contribution is -2.24. The molecule has 2 heterocycles. The maximum atomic E-state index is 13.1. The second kappa shape index (κ2) is 9.50. The Kier molecular flexibility index (Phi) is 6.31. The van der Waals surface area contributed by atoms with Crippen LogP contribution in [0, 0.1) is 6.92 Å². The SMILES string of the molecule is COC(=O)c1ccc(NC(=O)Cn2cc(C(=O)c3ccncc3)c(=O)c3cc(C)ccc32)cc1. The maximum absolute atomic E-state index is 13.1. The van der Waals surface area contributed by atoms with E-state index in [4.69, 9.17) is 0 Å². The first-order chi connectivity index (χ1) is 16.4. The fourth-order valence-electron chi connectivity index (χ4n) is 3.63. The van der Waals surface area contributed by atoms with Gasteiger partial charge in [0.05, 0.1) is 23.8 Å². The van der Waals surface area contributed by atoms with Crippen LogP contribution in [-0.4, -0.2) is 34.3 Å². The van der Waals surface area contributed by atoms with Gasteiger partial charge in [0.25, 0.3) is 0 Å². The van der Waals surface area contributed by atoms with Gasteiger partial charge in [-0.2, -0.15) is 0 Å². The Balaban J connectivity index is 1.68. The highest BCUT2D eigenvalue weighted by Crippen LogP contribution is 2.17. The van der Waals surface area contributed by atoms with Crippen LogP contribution in [-0.2, 0) is 16.1 Å². The van der Waals surface area contributed by atoms with Crippen LogP contribution >= 0.6 is 0 Å². The standard InChI is InChI=1S/C26H21N3O5/c1-16-3-8-22-20(13-16)25(32)21(24(31)17-9-11-27-12-10-17)14-29(22)15-23(30)28-19-6-4-18(5-7-19)26(33)34-2/h3-14H,15H2,1-2H3,(H,28,30). The van der Waals surface area contributed by atoms with Crippen molar-refractivity contribution in [2.45, 2.75) is 13.5 Å². The Morgan fingerprint density at radius 1 is 0.971 bits per heavy atom. The van der Waals surface area contributed by atoms with Gasteiger partial charge in [0.2, 0.25) is 11.3 Å². The number of aryl methyl sites for hydroxylation is 1. The number of nitrogens with one attached hydrogen (secondary N) is 1. The molecular weight excluding hydrogens is 434 g/mol. The van der Waals surface area contributed by atoms with Crippen molar-refractivity contribution in [1.82, 2.24) is 9.55 Å². The fourth-order valence-corrected chi connectivity index (χ4v) is 3.63. The van der Waals surface area contributed by atoms with Crippen LogP contribution in [0.3, 0.4) is 0 Å². The molecule has 8 heteroatoms. The molecule has 0 saturated carbocycles. The topological polar surface area (TPSA) is 107 Å². The Morgan fingerprint density at radius 3 is 2.35 bits per heavy atom. The number of fused-ring (bicyclic) bond motifs is 1. The summed E-state index contributed by atoms with van der Waals surface area (Å²) in [6, 6.07) is 14.7. The fraction of sp³-hybridized carbons (Fsp3) is 0.115. The van der Waals surface area contributed by atoms with Gasteiger partial charge >= 0.3 is 5.97 Å². The minimum Gasteiger partial charge on any atom is -0.465 e. The van der Waals surface area contributed by atoms with Gasteiger partial charge in [-0.05, 0) is 55.5 Å². The van der Waals surface area contributed by atoms with E-state index in [9.17, 15) is 19.2 Å². The van der Waals surface area contributed by atoms with Crippen molar-refractivity contribution in [3.05, 3.63) is 106 Å². The molecule has 2 aromatic carbocycles. The lowest BCUT2D eigenvalue weighted by Gasteiger charge is -2.14. The zero-order valence-corrected chi connectivity index (χ0v) is 18.6. The van der Waals surface area contributed by atoms with Gasteiger partial charge in [-0.25, -0.2) is 4.79 Å². The average Bonchev–Trinajstić information content (AvgIpc) is 2.85. The van der Waals surface area contributed by atoms with Crippen LogP contribution in [0.5, 0.6) is 0 Å². The molecule has 4 aromatic rings. The molecule has 0 aliphatic heterocycles. The molecule has 1 N–H and O–H groups in total. The van der Waals surface area contributed by atoms with E-state index in [1.807, 2.05) is 13.0 Å². The van der Waals surface area contributed by atoms with E-state index in [2.05, 4.69) is 15.0 Å². The first kappa shape index (κ1) is 22.6. The number of ketones is 1. The molecule has 34 heavy (non-hydrogen) atoms. The van der Waals surface area contributed by atoms with Gasteiger partial charge in [-0.3, -0.25) is 19.4 Å². The van der Waals surface area contributed by atoms with Crippen LogP contribution in [0.25, 0.3) is 10.9 Å². The van der Waals surface area contributed by atoms with Crippen LogP contribution in [0.1, 0.15) is 31.8 Å². The second-order valence-corrected chi connectivity index (χ2v) is 7.70. The molecule has 8 nitrogen and oxygen atoms in total. The number of amides is 1. The summed E-state index contributed by atoms with van der Waals surface area (Å²) in [7, 11) is 1.29. The lowest BCUT2D eigenvalue weighted by atomic mass is 10.0. The molecule has 2 aromatic heterocycles. The predicted octanol–water partition coefficient (Wildman–Crippen LogP) is 3.36. The number of hydrogen-bond acceptors (Lipinski definition) is 6. The highest BCUT2D eigenvalue weighted by molar-refractivity contribution is 6.10. The van der Waals surface area contributed by atoms with Gasteiger partial charge in [0, 0.05) is 35.2 Å². The number of esters is 1. The maximum Gasteiger partial charge on any atom is 0.337 e. The molecule has 0 radical (unpaired) electrons. The van der Waals surface area contributed by atoms with Gasteiger partial charge < -0.3 is 14.6 Å². The summed E-state index contributed by atoms with van der Waals surface area (Å²) in [4.78, 5) is 54.5. The number of aromatic nitrogens is 2. The normalized spacial score (nSPS) is 10.6. The number of hydrogen-bond donors (Lipinski definition) is 1.